The monoisotopic (exact) mass is 289 g/mol. The second-order valence-electron chi connectivity index (χ2n) is 6.67. The summed E-state index contributed by atoms with van der Waals surface area (Å²) in [6, 6.07) is 7.13. The Bertz CT molecular complexity index is 561. The number of piperazine rings is 1. The smallest absolute Gasteiger partial charge is 0.250 e. The Hall–Kier alpha value is -2.04. The van der Waals surface area contributed by atoms with E-state index in [1.54, 1.807) is 4.90 Å². The summed E-state index contributed by atoms with van der Waals surface area (Å²) in [4.78, 5) is 28.3. The Labute approximate surface area is 125 Å². The number of hydrogen-bond acceptors (Lipinski definition) is 3. The van der Waals surface area contributed by atoms with Gasteiger partial charge >= 0.3 is 0 Å². The van der Waals surface area contributed by atoms with Gasteiger partial charge < -0.3 is 10.2 Å². The van der Waals surface area contributed by atoms with Gasteiger partial charge in [0.2, 0.25) is 5.91 Å². The highest BCUT2D eigenvalue weighted by Crippen LogP contribution is 2.31. The van der Waals surface area contributed by atoms with Crippen LogP contribution in [0.15, 0.2) is 24.3 Å². The van der Waals surface area contributed by atoms with Crippen LogP contribution in [0.2, 0.25) is 0 Å². The molecule has 0 aromatic heterocycles. The van der Waals surface area contributed by atoms with Gasteiger partial charge in [-0.25, -0.2) is 0 Å². The Kier molecular flexibility index (Phi) is 3.94. The van der Waals surface area contributed by atoms with Crippen LogP contribution in [0, 0.1) is 5.41 Å². The van der Waals surface area contributed by atoms with Crippen molar-refractivity contribution in [1.29, 1.82) is 0 Å². The maximum Gasteiger partial charge on any atom is 0.250 e. The van der Waals surface area contributed by atoms with Gasteiger partial charge in [0, 0.05) is 14.1 Å². The van der Waals surface area contributed by atoms with E-state index < -0.39 is 6.04 Å². The number of nitrogens with one attached hydrogen (secondary N) is 1. The number of benzene rings is 1. The summed E-state index contributed by atoms with van der Waals surface area (Å²) in [6.07, 6.45) is 0. The molecule has 114 valence electrons. The largest absolute Gasteiger partial charge is 0.376 e. The van der Waals surface area contributed by atoms with Gasteiger partial charge in [0.25, 0.3) is 5.91 Å². The molecule has 1 aliphatic rings. The fourth-order valence-corrected chi connectivity index (χ4v) is 2.51. The topological polar surface area (TPSA) is 52.6 Å². The molecule has 1 saturated heterocycles. The first-order valence-electron chi connectivity index (χ1n) is 7.09. The van der Waals surface area contributed by atoms with Gasteiger partial charge in [0.15, 0.2) is 0 Å². The van der Waals surface area contributed by atoms with E-state index in [0.29, 0.717) is 0 Å². The number of rotatable bonds is 2. The quantitative estimate of drug-likeness (QED) is 0.900. The maximum absolute atomic E-state index is 12.8. The standard InChI is InChI=1S/C16H23N3O2/c1-16(2,3)14-15(21)19(10-13(20)17-14)12-9-7-6-8-11(12)18(4)5/h6-9,14H,10H2,1-5H3,(H,17,20). The summed E-state index contributed by atoms with van der Waals surface area (Å²) in [5.74, 6) is -0.181. The molecule has 0 saturated carbocycles. The van der Waals surface area contributed by atoms with E-state index >= 15 is 0 Å². The van der Waals surface area contributed by atoms with Crippen molar-refractivity contribution in [3.8, 4) is 0 Å². The number of hydrogen-bond donors (Lipinski definition) is 1. The molecule has 1 aromatic carbocycles. The van der Waals surface area contributed by atoms with Crippen LogP contribution in [0.25, 0.3) is 0 Å². The fraction of sp³-hybridized carbons (Fsp3) is 0.500. The van der Waals surface area contributed by atoms with E-state index in [0.717, 1.165) is 11.4 Å². The van der Waals surface area contributed by atoms with Crippen molar-refractivity contribution in [2.45, 2.75) is 26.8 Å². The van der Waals surface area contributed by atoms with Crippen molar-refractivity contribution >= 4 is 23.2 Å². The molecule has 2 rings (SSSR count). The molecule has 1 aliphatic heterocycles. The van der Waals surface area contributed by atoms with E-state index in [4.69, 9.17) is 0 Å². The first kappa shape index (κ1) is 15.4. The molecule has 1 heterocycles. The summed E-state index contributed by atoms with van der Waals surface area (Å²) < 4.78 is 0. The van der Waals surface area contributed by atoms with Crippen LogP contribution in [0.3, 0.4) is 0 Å². The Morgan fingerprint density at radius 1 is 1.19 bits per heavy atom. The predicted octanol–water partition coefficient (Wildman–Crippen LogP) is 1.63. The molecular formula is C16H23N3O2. The molecule has 5 nitrogen and oxygen atoms in total. The minimum absolute atomic E-state index is 0.0589. The van der Waals surface area contributed by atoms with Crippen LogP contribution < -0.4 is 15.1 Å². The van der Waals surface area contributed by atoms with Gasteiger partial charge in [-0.15, -0.1) is 0 Å². The highest BCUT2D eigenvalue weighted by Gasteiger charge is 2.41. The third-order valence-corrected chi connectivity index (χ3v) is 3.64. The number of carbonyl (C=O) groups is 2. The lowest BCUT2D eigenvalue weighted by Gasteiger charge is -2.39. The van der Waals surface area contributed by atoms with Gasteiger partial charge in [0.1, 0.15) is 12.6 Å². The van der Waals surface area contributed by atoms with Crippen LogP contribution in [0.5, 0.6) is 0 Å². The average Bonchev–Trinajstić information content (AvgIpc) is 2.39. The summed E-state index contributed by atoms with van der Waals surface area (Å²) in [5, 5.41) is 2.81. The molecule has 1 fully saturated rings. The van der Waals surface area contributed by atoms with E-state index in [-0.39, 0.29) is 23.8 Å². The van der Waals surface area contributed by atoms with E-state index in [1.165, 1.54) is 0 Å². The minimum atomic E-state index is -0.506. The third-order valence-electron chi connectivity index (χ3n) is 3.64. The number of para-hydroxylation sites is 2. The van der Waals surface area contributed by atoms with Crippen molar-refractivity contribution in [1.82, 2.24) is 5.32 Å². The van der Waals surface area contributed by atoms with Crippen LogP contribution in [-0.2, 0) is 9.59 Å². The zero-order valence-electron chi connectivity index (χ0n) is 13.3. The van der Waals surface area contributed by atoms with E-state index in [2.05, 4.69) is 5.32 Å². The lowest BCUT2D eigenvalue weighted by Crippen LogP contribution is -2.62. The molecule has 1 aromatic rings. The van der Waals surface area contributed by atoms with Gasteiger partial charge in [-0.05, 0) is 17.5 Å². The average molecular weight is 289 g/mol. The Morgan fingerprint density at radius 2 is 1.81 bits per heavy atom. The summed E-state index contributed by atoms with van der Waals surface area (Å²) in [5.41, 5.74) is 1.38. The molecule has 1 unspecified atom stereocenters. The molecule has 5 heteroatoms. The number of anilines is 2. The molecule has 0 bridgehead atoms. The highest BCUT2D eigenvalue weighted by molar-refractivity contribution is 6.08. The molecular weight excluding hydrogens is 266 g/mol. The number of amides is 2. The Morgan fingerprint density at radius 3 is 2.38 bits per heavy atom. The second kappa shape index (κ2) is 5.39. The molecule has 1 atom stereocenters. The zero-order chi connectivity index (χ0) is 15.8. The van der Waals surface area contributed by atoms with E-state index in [1.807, 2.05) is 64.0 Å². The zero-order valence-corrected chi connectivity index (χ0v) is 13.3. The third kappa shape index (κ3) is 3.01. The summed E-state index contributed by atoms with van der Waals surface area (Å²) in [7, 11) is 3.85. The maximum atomic E-state index is 12.8. The molecule has 0 aliphatic carbocycles. The fourth-order valence-electron chi connectivity index (χ4n) is 2.51. The van der Waals surface area contributed by atoms with E-state index in [9.17, 15) is 9.59 Å². The first-order chi connectivity index (χ1) is 9.71. The van der Waals surface area contributed by atoms with Crippen molar-refractivity contribution in [2.75, 3.05) is 30.4 Å². The SMILES string of the molecule is CN(C)c1ccccc1N1CC(=O)NC(C(C)(C)C)C1=O. The highest BCUT2D eigenvalue weighted by atomic mass is 16.2. The minimum Gasteiger partial charge on any atom is -0.376 e. The Balaban J connectivity index is 2.44. The van der Waals surface area contributed by atoms with Gasteiger partial charge in [-0.1, -0.05) is 32.9 Å². The van der Waals surface area contributed by atoms with Crippen molar-refractivity contribution < 1.29 is 9.59 Å². The summed E-state index contributed by atoms with van der Waals surface area (Å²) in [6.45, 7) is 5.93. The van der Waals surface area contributed by atoms with Gasteiger partial charge in [-0.3, -0.25) is 14.5 Å². The van der Waals surface area contributed by atoms with Crippen LogP contribution in [-0.4, -0.2) is 38.5 Å². The van der Waals surface area contributed by atoms with Crippen LogP contribution in [0.4, 0.5) is 11.4 Å². The van der Waals surface area contributed by atoms with Crippen LogP contribution in [0.1, 0.15) is 20.8 Å². The number of nitrogens with zero attached hydrogens (tertiary/aromatic N) is 2. The molecule has 1 N–H and O–H groups in total. The van der Waals surface area contributed by atoms with Crippen LogP contribution >= 0.6 is 0 Å². The summed E-state index contributed by atoms with van der Waals surface area (Å²) >= 11 is 0. The normalized spacial score (nSPS) is 19.5. The molecule has 2 amide bonds. The van der Waals surface area contributed by atoms with Gasteiger partial charge in [-0.2, -0.15) is 0 Å². The number of carbonyl (C=O) groups excluding carboxylic acids is 2. The molecule has 0 spiro atoms. The van der Waals surface area contributed by atoms with Crippen molar-refractivity contribution in [3.05, 3.63) is 24.3 Å². The van der Waals surface area contributed by atoms with Crippen molar-refractivity contribution in [3.63, 3.8) is 0 Å². The second-order valence-corrected chi connectivity index (χ2v) is 6.67. The van der Waals surface area contributed by atoms with Gasteiger partial charge in [0.05, 0.1) is 11.4 Å². The lowest BCUT2D eigenvalue weighted by molar-refractivity contribution is -0.133. The van der Waals surface area contributed by atoms with Crippen molar-refractivity contribution in [2.24, 2.45) is 5.41 Å². The molecule has 21 heavy (non-hydrogen) atoms. The molecule has 0 radical (unpaired) electrons. The first-order valence-corrected chi connectivity index (χ1v) is 7.09. The lowest BCUT2D eigenvalue weighted by atomic mass is 9.84. The predicted molar refractivity (Wildman–Crippen MR) is 84.5 cm³/mol.